The number of nitrogens with zero attached hydrogens (tertiary/aromatic N) is 4. The second-order valence-corrected chi connectivity index (χ2v) is 5.26. The Morgan fingerprint density at radius 1 is 1.40 bits per heavy atom. The van der Waals surface area contributed by atoms with Gasteiger partial charge in [-0.15, -0.1) is 0 Å². The molecule has 1 fully saturated rings. The summed E-state index contributed by atoms with van der Waals surface area (Å²) in [6.07, 6.45) is 7.32. The molecule has 2 unspecified atom stereocenters. The molecule has 2 atom stereocenters. The van der Waals surface area contributed by atoms with Gasteiger partial charge < -0.3 is 9.84 Å². The Morgan fingerprint density at radius 2 is 2.30 bits per heavy atom. The Hall–Kier alpha value is -1.76. The molecule has 0 aromatic carbocycles. The van der Waals surface area contributed by atoms with Gasteiger partial charge in [-0.2, -0.15) is 10.1 Å². The second kappa shape index (κ2) is 6.13. The van der Waals surface area contributed by atoms with Gasteiger partial charge >= 0.3 is 0 Å². The zero-order valence-electron chi connectivity index (χ0n) is 11.7. The van der Waals surface area contributed by atoms with E-state index in [2.05, 4.69) is 37.6 Å². The Kier molecular flexibility index (Phi) is 4.05. The van der Waals surface area contributed by atoms with Gasteiger partial charge in [0.25, 0.3) is 0 Å². The van der Waals surface area contributed by atoms with Crippen molar-refractivity contribution in [1.82, 2.24) is 30.6 Å². The third kappa shape index (κ3) is 2.87. The minimum Gasteiger partial charge on any atom is -0.339 e. The van der Waals surface area contributed by atoms with Gasteiger partial charge in [-0.25, -0.2) is 4.98 Å². The summed E-state index contributed by atoms with van der Waals surface area (Å²) in [6, 6.07) is 0.564. The molecule has 20 heavy (non-hydrogen) atoms. The van der Waals surface area contributed by atoms with Crippen LogP contribution >= 0.6 is 0 Å². The lowest BCUT2D eigenvalue weighted by atomic mass is 9.82. The summed E-state index contributed by atoms with van der Waals surface area (Å²) in [4.78, 5) is 8.43. The van der Waals surface area contributed by atoms with Crippen molar-refractivity contribution in [3.05, 3.63) is 12.2 Å². The van der Waals surface area contributed by atoms with E-state index >= 15 is 0 Å². The van der Waals surface area contributed by atoms with E-state index in [1.54, 1.807) is 0 Å². The van der Waals surface area contributed by atoms with Crippen LogP contribution in [0.1, 0.15) is 38.5 Å². The van der Waals surface area contributed by atoms with Crippen LogP contribution < -0.4 is 5.32 Å². The van der Waals surface area contributed by atoms with Crippen molar-refractivity contribution >= 4 is 0 Å². The number of hydrogen-bond acceptors (Lipinski definition) is 6. The van der Waals surface area contributed by atoms with Crippen LogP contribution in [-0.2, 0) is 6.42 Å². The zero-order valence-corrected chi connectivity index (χ0v) is 11.7. The number of rotatable bonds is 5. The first-order valence-electron chi connectivity index (χ1n) is 7.28. The van der Waals surface area contributed by atoms with Crippen LogP contribution in [0.25, 0.3) is 11.6 Å². The average molecular weight is 276 g/mol. The van der Waals surface area contributed by atoms with Crippen molar-refractivity contribution in [2.75, 3.05) is 6.54 Å². The van der Waals surface area contributed by atoms with Gasteiger partial charge in [0.2, 0.25) is 11.7 Å². The van der Waals surface area contributed by atoms with Gasteiger partial charge in [0, 0.05) is 12.5 Å². The van der Waals surface area contributed by atoms with Crippen LogP contribution in [0.15, 0.2) is 10.9 Å². The summed E-state index contributed by atoms with van der Waals surface area (Å²) in [5.74, 6) is 2.29. The summed E-state index contributed by atoms with van der Waals surface area (Å²) in [6.45, 7) is 3.16. The minimum absolute atomic E-state index is 0.480. The molecular formula is C13H20N6O. The van der Waals surface area contributed by atoms with E-state index in [4.69, 9.17) is 4.52 Å². The highest BCUT2D eigenvalue weighted by atomic mass is 16.5. The lowest BCUT2D eigenvalue weighted by Gasteiger charge is -2.31. The van der Waals surface area contributed by atoms with Gasteiger partial charge in [0.15, 0.2) is 5.82 Å². The van der Waals surface area contributed by atoms with Crippen LogP contribution in [0.4, 0.5) is 0 Å². The summed E-state index contributed by atoms with van der Waals surface area (Å²) in [5, 5.41) is 14.1. The zero-order chi connectivity index (χ0) is 13.8. The molecule has 1 aliphatic rings. The van der Waals surface area contributed by atoms with Gasteiger partial charge in [0.05, 0.1) is 0 Å². The highest BCUT2D eigenvalue weighted by Crippen LogP contribution is 2.27. The number of nitrogens with one attached hydrogen (secondary N) is 2. The quantitative estimate of drug-likeness (QED) is 0.861. The molecule has 2 heterocycles. The van der Waals surface area contributed by atoms with E-state index in [0.29, 0.717) is 29.5 Å². The molecule has 1 aliphatic carbocycles. The molecule has 0 bridgehead atoms. The molecule has 0 spiro atoms. The maximum atomic E-state index is 5.34. The van der Waals surface area contributed by atoms with Gasteiger partial charge in [-0.1, -0.05) is 24.9 Å². The molecule has 0 radical (unpaired) electrons. The minimum atomic E-state index is 0.480. The molecule has 2 aromatic heterocycles. The number of H-pyrrole nitrogens is 1. The molecule has 7 heteroatoms. The first-order chi connectivity index (χ1) is 9.86. The Labute approximate surface area is 117 Å². The first kappa shape index (κ1) is 13.2. The van der Waals surface area contributed by atoms with Crippen molar-refractivity contribution in [1.29, 1.82) is 0 Å². The van der Waals surface area contributed by atoms with Gasteiger partial charge in [-0.05, 0) is 25.3 Å². The first-order valence-corrected chi connectivity index (χ1v) is 7.28. The fourth-order valence-electron chi connectivity index (χ4n) is 2.95. The fraction of sp³-hybridized carbons (Fsp3) is 0.692. The summed E-state index contributed by atoms with van der Waals surface area (Å²) in [5.41, 5.74) is 0. The SMILES string of the molecule is CCNC1CCCCC1Cc1nc(-c2ncn[nH]2)no1. The Balaban J connectivity index is 1.67. The summed E-state index contributed by atoms with van der Waals surface area (Å²) < 4.78 is 5.34. The topological polar surface area (TPSA) is 92.5 Å². The van der Waals surface area contributed by atoms with Crippen LogP contribution in [0, 0.1) is 5.92 Å². The predicted molar refractivity (Wildman–Crippen MR) is 72.8 cm³/mol. The Bertz CT molecular complexity index is 521. The van der Waals surface area contributed by atoms with E-state index in [1.165, 1.54) is 32.0 Å². The van der Waals surface area contributed by atoms with E-state index in [0.717, 1.165) is 13.0 Å². The molecule has 3 rings (SSSR count). The molecular weight excluding hydrogens is 256 g/mol. The predicted octanol–water partition coefficient (Wildman–Crippen LogP) is 1.57. The number of aromatic amines is 1. The van der Waals surface area contributed by atoms with Crippen molar-refractivity contribution in [3.8, 4) is 11.6 Å². The van der Waals surface area contributed by atoms with Crippen molar-refractivity contribution < 1.29 is 4.52 Å². The molecule has 0 aliphatic heterocycles. The summed E-state index contributed by atoms with van der Waals surface area (Å²) in [7, 11) is 0. The fourth-order valence-corrected chi connectivity index (χ4v) is 2.95. The largest absolute Gasteiger partial charge is 0.339 e. The van der Waals surface area contributed by atoms with Crippen molar-refractivity contribution in [2.45, 2.75) is 45.1 Å². The lowest BCUT2D eigenvalue weighted by molar-refractivity contribution is 0.242. The molecule has 0 amide bonds. The van der Waals surface area contributed by atoms with Crippen LogP contribution in [0.2, 0.25) is 0 Å². The van der Waals surface area contributed by atoms with E-state index in [1.807, 2.05) is 0 Å². The van der Waals surface area contributed by atoms with Crippen LogP contribution in [-0.4, -0.2) is 37.9 Å². The third-order valence-corrected chi connectivity index (χ3v) is 3.91. The number of aromatic nitrogens is 5. The molecule has 7 nitrogen and oxygen atoms in total. The molecule has 1 saturated carbocycles. The highest BCUT2D eigenvalue weighted by Gasteiger charge is 2.26. The molecule has 2 N–H and O–H groups in total. The molecule has 108 valence electrons. The maximum Gasteiger partial charge on any atom is 0.239 e. The normalized spacial score (nSPS) is 23.1. The maximum absolute atomic E-state index is 5.34. The smallest absolute Gasteiger partial charge is 0.239 e. The standard InChI is InChI=1S/C13H20N6O/c1-2-14-10-6-4-3-5-9(10)7-11-17-13(19-20-11)12-15-8-16-18-12/h8-10,14H,2-7H2,1H3,(H,15,16,18). The average Bonchev–Trinajstić information content (AvgIpc) is 3.12. The van der Waals surface area contributed by atoms with E-state index < -0.39 is 0 Å². The monoisotopic (exact) mass is 276 g/mol. The highest BCUT2D eigenvalue weighted by molar-refractivity contribution is 5.39. The van der Waals surface area contributed by atoms with E-state index in [-0.39, 0.29) is 0 Å². The summed E-state index contributed by atoms with van der Waals surface area (Å²) >= 11 is 0. The molecule has 2 aromatic rings. The van der Waals surface area contributed by atoms with Gasteiger partial charge in [-0.3, -0.25) is 5.10 Å². The molecule has 0 saturated heterocycles. The van der Waals surface area contributed by atoms with Crippen molar-refractivity contribution in [2.24, 2.45) is 5.92 Å². The lowest BCUT2D eigenvalue weighted by Crippen LogP contribution is -2.39. The number of hydrogen-bond donors (Lipinski definition) is 2. The van der Waals surface area contributed by atoms with E-state index in [9.17, 15) is 0 Å². The third-order valence-electron chi connectivity index (χ3n) is 3.91. The van der Waals surface area contributed by atoms with Crippen LogP contribution in [0.3, 0.4) is 0 Å². The van der Waals surface area contributed by atoms with Gasteiger partial charge in [0.1, 0.15) is 6.33 Å². The van der Waals surface area contributed by atoms with Crippen LogP contribution in [0.5, 0.6) is 0 Å². The Morgan fingerprint density at radius 3 is 3.10 bits per heavy atom. The van der Waals surface area contributed by atoms with Crippen molar-refractivity contribution in [3.63, 3.8) is 0 Å². The second-order valence-electron chi connectivity index (χ2n) is 5.26.